The number of aromatic nitrogens is 2. The summed E-state index contributed by atoms with van der Waals surface area (Å²) in [5.74, 6) is 0.891. The third kappa shape index (κ3) is 2.73. The quantitative estimate of drug-likeness (QED) is 0.871. The summed E-state index contributed by atoms with van der Waals surface area (Å²) in [7, 11) is 0. The fourth-order valence-corrected chi connectivity index (χ4v) is 2.33. The predicted molar refractivity (Wildman–Crippen MR) is 73.6 cm³/mol. The molecule has 3 nitrogen and oxygen atoms in total. The first-order valence-electron chi connectivity index (χ1n) is 6.69. The highest BCUT2D eigenvalue weighted by Crippen LogP contribution is 2.26. The highest BCUT2D eigenvalue weighted by molar-refractivity contribution is 5.45. The zero-order chi connectivity index (χ0) is 12.2. The lowest BCUT2D eigenvalue weighted by Crippen LogP contribution is -2.20. The summed E-state index contributed by atoms with van der Waals surface area (Å²) >= 11 is 0. The molecular formula is C15H19N3. The summed E-state index contributed by atoms with van der Waals surface area (Å²) in [6, 6.07) is 8.67. The summed E-state index contributed by atoms with van der Waals surface area (Å²) in [6.07, 6.45) is 9.86. The van der Waals surface area contributed by atoms with Gasteiger partial charge in [0.2, 0.25) is 0 Å². The molecule has 0 saturated heterocycles. The molecule has 0 spiro atoms. The van der Waals surface area contributed by atoms with Crippen molar-refractivity contribution in [1.82, 2.24) is 9.55 Å². The molecule has 1 fully saturated rings. The van der Waals surface area contributed by atoms with Crippen LogP contribution in [-0.2, 0) is 6.54 Å². The molecule has 0 radical (unpaired) electrons. The number of rotatable bonds is 5. The molecule has 0 bridgehead atoms. The van der Waals surface area contributed by atoms with Crippen molar-refractivity contribution >= 4 is 5.69 Å². The second-order valence-corrected chi connectivity index (χ2v) is 5.11. The Balaban J connectivity index is 1.61. The molecule has 1 aliphatic carbocycles. The highest BCUT2D eigenvalue weighted by Gasteiger charge is 2.16. The first-order chi connectivity index (χ1) is 8.90. The molecule has 0 atom stereocenters. The van der Waals surface area contributed by atoms with Gasteiger partial charge in [-0.2, -0.15) is 0 Å². The third-order valence-corrected chi connectivity index (χ3v) is 3.67. The van der Waals surface area contributed by atoms with Crippen molar-refractivity contribution in [3.63, 3.8) is 0 Å². The van der Waals surface area contributed by atoms with E-state index in [-0.39, 0.29) is 0 Å². The van der Waals surface area contributed by atoms with Crippen molar-refractivity contribution in [3.8, 4) is 0 Å². The first-order valence-corrected chi connectivity index (χ1v) is 6.69. The van der Waals surface area contributed by atoms with E-state index in [0.717, 1.165) is 19.0 Å². The zero-order valence-corrected chi connectivity index (χ0v) is 10.5. The van der Waals surface area contributed by atoms with Gasteiger partial charge in [0, 0.05) is 31.2 Å². The van der Waals surface area contributed by atoms with Crippen LogP contribution in [0.2, 0.25) is 0 Å². The van der Waals surface area contributed by atoms with Crippen LogP contribution >= 0.6 is 0 Å². The number of hydrogen-bond acceptors (Lipinski definition) is 2. The fraction of sp³-hybridized carbons (Fsp3) is 0.400. The van der Waals surface area contributed by atoms with Crippen LogP contribution < -0.4 is 5.32 Å². The molecule has 1 N–H and O–H groups in total. The minimum atomic E-state index is 0.888. The van der Waals surface area contributed by atoms with Gasteiger partial charge >= 0.3 is 0 Å². The van der Waals surface area contributed by atoms with Crippen molar-refractivity contribution in [2.45, 2.75) is 25.8 Å². The largest absolute Gasteiger partial charge is 0.385 e. The smallest absolute Gasteiger partial charge is 0.0949 e. The number of benzene rings is 1. The maximum Gasteiger partial charge on any atom is 0.0949 e. The second-order valence-electron chi connectivity index (χ2n) is 5.11. The van der Waals surface area contributed by atoms with Crippen molar-refractivity contribution in [2.75, 3.05) is 11.9 Å². The van der Waals surface area contributed by atoms with Gasteiger partial charge in [0.25, 0.3) is 0 Å². The van der Waals surface area contributed by atoms with E-state index in [9.17, 15) is 0 Å². The molecule has 2 aromatic rings. The average Bonchev–Trinajstić information content (AvgIpc) is 2.80. The first kappa shape index (κ1) is 11.3. The molecule has 1 heterocycles. The van der Waals surface area contributed by atoms with E-state index in [0.29, 0.717) is 0 Å². The predicted octanol–water partition coefficient (Wildman–Crippen LogP) is 3.14. The lowest BCUT2D eigenvalue weighted by molar-refractivity contribution is 0.333. The van der Waals surface area contributed by atoms with E-state index in [2.05, 4.69) is 39.1 Å². The van der Waals surface area contributed by atoms with E-state index in [1.165, 1.54) is 30.5 Å². The molecule has 0 amide bonds. The summed E-state index contributed by atoms with van der Waals surface area (Å²) in [5.41, 5.74) is 2.55. The van der Waals surface area contributed by atoms with Gasteiger partial charge in [-0.15, -0.1) is 0 Å². The van der Waals surface area contributed by atoms with Crippen LogP contribution in [0.25, 0.3) is 0 Å². The monoisotopic (exact) mass is 241 g/mol. The van der Waals surface area contributed by atoms with Crippen LogP contribution in [0.1, 0.15) is 24.8 Å². The Morgan fingerprint density at radius 1 is 1.33 bits per heavy atom. The van der Waals surface area contributed by atoms with Gasteiger partial charge in [0.15, 0.2) is 0 Å². The van der Waals surface area contributed by atoms with Gasteiger partial charge in [-0.25, -0.2) is 4.98 Å². The maximum absolute atomic E-state index is 4.07. The summed E-state index contributed by atoms with van der Waals surface area (Å²) in [5, 5.41) is 3.54. The Kier molecular flexibility index (Phi) is 3.31. The minimum absolute atomic E-state index is 0.888. The molecule has 1 aromatic heterocycles. The van der Waals surface area contributed by atoms with E-state index >= 15 is 0 Å². The van der Waals surface area contributed by atoms with E-state index < -0.39 is 0 Å². The Bertz CT molecular complexity index is 486. The molecule has 1 aromatic carbocycles. The molecule has 94 valence electrons. The van der Waals surface area contributed by atoms with Crippen molar-refractivity contribution < 1.29 is 0 Å². The highest BCUT2D eigenvalue weighted by atomic mass is 15.0. The Labute approximate surface area is 108 Å². The maximum atomic E-state index is 4.07. The minimum Gasteiger partial charge on any atom is -0.385 e. The number of hydrogen-bond donors (Lipinski definition) is 1. The average molecular weight is 241 g/mol. The Morgan fingerprint density at radius 3 is 3.00 bits per heavy atom. The Morgan fingerprint density at radius 2 is 2.28 bits per heavy atom. The molecule has 3 rings (SSSR count). The topological polar surface area (TPSA) is 29.9 Å². The normalized spacial score (nSPS) is 15.3. The van der Waals surface area contributed by atoms with Gasteiger partial charge in [0.1, 0.15) is 0 Å². The van der Waals surface area contributed by atoms with Crippen LogP contribution in [0.3, 0.4) is 0 Å². The molecule has 1 saturated carbocycles. The lowest BCUT2D eigenvalue weighted by atomic mass is 9.85. The van der Waals surface area contributed by atoms with Gasteiger partial charge in [-0.05, 0) is 36.5 Å². The van der Waals surface area contributed by atoms with Crippen molar-refractivity contribution in [1.29, 1.82) is 0 Å². The SMILES string of the molecule is c1cc(Cn2ccnc2)cc(NCC2CCC2)c1. The standard InChI is InChI=1S/C15H19N3/c1-3-13(4-1)10-17-15-6-2-5-14(9-15)11-18-8-7-16-12-18/h2,5-9,12-13,17H,1,3-4,10-11H2. The van der Waals surface area contributed by atoms with Crippen molar-refractivity contribution in [3.05, 3.63) is 48.5 Å². The lowest BCUT2D eigenvalue weighted by Gasteiger charge is -2.26. The van der Waals surface area contributed by atoms with Crippen LogP contribution in [0.15, 0.2) is 43.0 Å². The van der Waals surface area contributed by atoms with Gasteiger partial charge in [-0.3, -0.25) is 0 Å². The summed E-state index contributed by atoms with van der Waals surface area (Å²) < 4.78 is 2.09. The number of nitrogens with one attached hydrogen (secondary N) is 1. The number of anilines is 1. The molecular weight excluding hydrogens is 222 g/mol. The van der Waals surface area contributed by atoms with Crippen LogP contribution in [-0.4, -0.2) is 16.1 Å². The van der Waals surface area contributed by atoms with E-state index in [1.54, 1.807) is 0 Å². The molecule has 18 heavy (non-hydrogen) atoms. The zero-order valence-electron chi connectivity index (χ0n) is 10.5. The summed E-state index contributed by atoms with van der Waals surface area (Å²) in [6.45, 7) is 2.01. The van der Waals surface area contributed by atoms with Crippen LogP contribution in [0.5, 0.6) is 0 Å². The van der Waals surface area contributed by atoms with Gasteiger partial charge in [-0.1, -0.05) is 18.6 Å². The fourth-order valence-electron chi connectivity index (χ4n) is 2.33. The molecule has 0 unspecified atom stereocenters. The number of nitrogens with zero attached hydrogens (tertiary/aromatic N) is 2. The molecule has 1 aliphatic rings. The van der Waals surface area contributed by atoms with E-state index in [1.807, 2.05) is 18.7 Å². The van der Waals surface area contributed by atoms with Gasteiger partial charge in [0.05, 0.1) is 6.33 Å². The van der Waals surface area contributed by atoms with Crippen LogP contribution in [0.4, 0.5) is 5.69 Å². The van der Waals surface area contributed by atoms with Crippen LogP contribution in [0, 0.1) is 5.92 Å². The summed E-state index contributed by atoms with van der Waals surface area (Å²) in [4.78, 5) is 4.07. The molecule has 3 heteroatoms. The second kappa shape index (κ2) is 5.25. The third-order valence-electron chi connectivity index (χ3n) is 3.67. The molecule has 0 aliphatic heterocycles. The Hall–Kier alpha value is -1.77. The van der Waals surface area contributed by atoms with Gasteiger partial charge < -0.3 is 9.88 Å². The van der Waals surface area contributed by atoms with E-state index in [4.69, 9.17) is 0 Å². The van der Waals surface area contributed by atoms with Crippen molar-refractivity contribution in [2.24, 2.45) is 5.92 Å². The number of imidazole rings is 1.